The van der Waals surface area contributed by atoms with Gasteiger partial charge in [-0.3, -0.25) is 0 Å². The summed E-state index contributed by atoms with van der Waals surface area (Å²) in [5.74, 6) is 0. The Labute approximate surface area is 119 Å². The first-order chi connectivity index (χ1) is 9.09. The van der Waals surface area contributed by atoms with Gasteiger partial charge in [0.05, 0.1) is 6.04 Å². The zero-order valence-corrected chi connectivity index (χ0v) is 12.3. The van der Waals surface area contributed by atoms with Gasteiger partial charge in [0.1, 0.15) is 0 Å². The number of urea groups is 1. The van der Waals surface area contributed by atoms with Gasteiger partial charge in [0.2, 0.25) is 0 Å². The first-order valence-electron chi connectivity index (χ1n) is 6.87. The number of rotatable bonds is 3. The van der Waals surface area contributed by atoms with Crippen molar-refractivity contribution in [2.45, 2.75) is 44.7 Å². The minimum absolute atomic E-state index is 0.0145. The molecule has 3 nitrogen and oxygen atoms in total. The number of hydrogen-bond acceptors (Lipinski definition) is 1. The Hall–Kier alpha value is -1.22. The number of nitrogens with zero attached hydrogens (tertiary/aromatic N) is 1. The predicted molar refractivity (Wildman–Crippen MR) is 78.4 cm³/mol. The van der Waals surface area contributed by atoms with Crippen molar-refractivity contribution in [3.8, 4) is 0 Å². The Kier molecular flexibility index (Phi) is 4.70. The van der Waals surface area contributed by atoms with E-state index in [1.807, 2.05) is 38.2 Å². The number of hydrogen-bond donors (Lipinski definition) is 1. The molecule has 104 valence electrons. The van der Waals surface area contributed by atoms with Crippen LogP contribution in [0.1, 0.15) is 44.2 Å². The summed E-state index contributed by atoms with van der Waals surface area (Å²) in [5.41, 5.74) is 0.980. The molecule has 19 heavy (non-hydrogen) atoms. The summed E-state index contributed by atoms with van der Waals surface area (Å²) in [6, 6.07) is 7.96. The fourth-order valence-corrected chi connectivity index (χ4v) is 2.84. The SMILES string of the molecule is CC(c1ccccc1Cl)N(C)C(=O)NC1CCCC1. The quantitative estimate of drug-likeness (QED) is 0.892. The normalized spacial score (nSPS) is 17.2. The molecule has 1 aliphatic carbocycles. The summed E-state index contributed by atoms with van der Waals surface area (Å²) < 4.78 is 0. The summed E-state index contributed by atoms with van der Waals surface area (Å²) in [7, 11) is 1.82. The topological polar surface area (TPSA) is 32.3 Å². The van der Waals surface area contributed by atoms with Gasteiger partial charge in [-0.25, -0.2) is 4.79 Å². The standard InChI is InChI=1S/C15H21ClN2O/c1-11(13-9-5-6-10-14(13)16)18(2)15(19)17-12-7-3-4-8-12/h5-6,9-12H,3-4,7-8H2,1-2H3,(H,17,19). The molecule has 1 aromatic rings. The van der Waals surface area contributed by atoms with Gasteiger partial charge in [-0.15, -0.1) is 0 Å². The first kappa shape index (κ1) is 14.2. The van der Waals surface area contributed by atoms with Gasteiger partial charge in [0.15, 0.2) is 0 Å². The summed E-state index contributed by atoms with van der Waals surface area (Å²) in [6.07, 6.45) is 4.63. The summed E-state index contributed by atoms with van der Waals surface area (Å²) in [5, 5.41) is 3.80. The fraction of sp³-hybridized carbons (Fsp3) is 0.533. The largest absolute Gasteiger partial charge is 0.335 e. The highest BCUT2D eigenvalue weighted by atomic mass is 35.5. The van der Waals surface area contributed by atoms with Crippen molar-refractivity contribution < 1.29 is 4.79 Å². The molecule has 1 aromatic carbocycles. The van der Waals surface area contributed by atoms with Crippen molar-refractivity contribution in [2.75, 3.05) is 7.05 Å². The Morgan fingerprint density at radius 2 is 2.00 bits per heavy atom. The van der Waals surface area contributed by atoms with Gasteiger partial charge in [-0.1, -0.05) is 42.6 Å². The van der Waals surface area contributed by atoms with E-state index in [2.05, 4.69) is 5.32 Å². The van der Waals surface area contributed by atoms with Crippen molar-refractivity contribution in [1.29, 1.82) is 0 Å². The number of amides is 2. The van der Waals surface area contributed by atoms with Crippen LogP contribution in [0.3, 0.4) is 0 Å². The molecule has 1 atom stereocenters. The Bertz CT molecular complexity index is 444. The zero-order chi connectivity index (χ0) is 13.8. The van der Waals surface area contributed by atoms with E-state index in [4.69, 9.17) is 11.6 Å². The molecule has 1 saturated carbocycles. The van der Waals surface area contributed by atoms with Crippen molar-refractivity contribution in [3.63, 3.8) is 0 Å². The summed E-state index contributed by atoms with van der Waals surface area (Å²) in [6.45, 7) is 2.00. The summed E-state index contributed by atoms with van der Waals surface area (Å²) >= 11 is 6.18. The van der Waals surface area contributed by atoms with Crippen LogP contribution in [0.2, 0.25) is 5.02 Å². The highest BCUT2D eigenvalue weighted by molar-refractivity contribution is 6.31. The number of benzene rings is 1. The highest BCUT2D eigenvalue weighted by Gasteiger charge is 2.23. The molecule has 1 aliphatic rings. The van der Waals surface area contributed by atoms with E-state index in [1.54, 1.807) is 4.90 Å². The Balaban J connectivity index is 2.00. The fourth-order valence-electron chi connectivity index (χ4n) is 2.55. The molecule has 0 radical (unpaired) electrons. The first-order valence-corrected chi connectivity index (χ1v) is 7.25. The Morgan fingerprint density at radius 1 is 1.37 bits per heavy atom. The minimum atomic E-state index is -0.0323. The molecule has 2 rings (SSSR count). The molecule has 4 heteroatoms. The lowest BCUT2D eigenvalue weighted by atomic mass is 10.1. The molecule has 1 fully saturated rings. The maximum absolute atomic E-state index is 12.2. The molecule has 1 N–H and O–H groups in total. The van der Waals surface area contributed by atoms with E-state index in [0.717, 1.165) is 18.4 Å². The predicted octanol–water partition coefficient (Wildman–Crippen LogP) is 3.99. The molecular weight excluding hydrogens is 260 g/mol. The third-order valence-electron chi connectivity index (χ3n) is 3.94. The van der Waals surface area contributed by atoms with E-state index in [1.165, 1.54) is 12.8 Å². The van der Waals surface area contributed by atoms with E-state index in [9.17, 15) is 4.79 Å². The average molecular weight is 281 g/mol. The minimum Gasteiger partial charge on any atom is -0.335 e. The van der Waals surface area contributed by atoms with E-state index < -0.39 is 0 Å². The molecular formula is C15H21ClN2O. The molecule has 0 bridgehead atoms. The van der Waals surface area contributed by atoms with Crippen LogP contribution < -0.4 is 5.32 Å². The maximum atomic E-state index is 12.2. The number of halogens is 1. The number of carbonyl (C=O) groups is 1. The third-order valence-corrected chi connectivity index (χ3v) is 4.28. The van der Waals surface area contributed by atoms with Crippen LogP contribution in [0.5, 0.6) is 0 Å². The molecule has 0 aromatic heterocycles. The van der Waals surface area contributed by atoms with Crippen molar-refractivity contribution in [1.82, 2.24) is 10.2 Å². The lowest BCUT2D eigenvalue weighted by Gasteiger charge is -2.27. The monoisotopic (exact) mass is 280 g/mol. The number of carbonyl (C=O) groups excluding carboxylic acids is 1. The third kappa shape index (κ3) is 3.41. The highest BCUT2D eigenvalue weighted by Crippen LogP contribution is 2.26. The molecule has 0 spiro atoms. The van der Waals surface area contributed by atoms with Crippen LogP contribution in [0.15, 0.2) is 24.3 Å². The van der Waals surface area contributed by atoms with Crippen LogP contribution >= 0.6 is 11.6 Å². The molecule has 2 amide bonds. The lowest BCUT2D eigenvalue weighted by Crippen LogP contribution is -2.43. The van der Waals surface area contributed by atoms with Crippen molar-refractivity contribution in [2.24, 2.45) is 0 Å². The second-order valence-electron chi connectivity index (χ2n) is 5.24. The summed E-state index contributed by atoms with van der Waals surface area (Å²) in [4.78, 5) is 13.9. The second kappa shape index (κ2) is 6.29. The van der Waals surface area contributed by atoms with Crippen LogP contribution in [0, 0.1) is 0 Å². The molecule has 0 heterocycles. The average Bonchev–Trinajstić information content (AvgIpc) is 2.90. The van der Waals surface area contributed by atoms with Gasteiger partial charge >= 0.3 is 6.03 Å². The van der Waals surface area contributed by atoms with Crippen molar-refractivity contribution in [3.05, 3.63) is 34.9 Å². The van der Waals surface area contributed by atoms with Crippen molar-refractivity contribution >= 4 is 17.6 Å². The van der Waals surface area contributed by atoms with E-state index in [-0.39, 0.29) is 12.1 Å². The molecule has 0 aliphatic heterocycles. The Morgan fingerprint density at radius 3 is 2.63 bits per heavy atom. The van der Waals surface area contributed by atoms with Crippen LogP contribution in [0.25, 0.3) is 0 Å². The van der Waals surface area contributed by atoms with Gasteiger partial charge in [-0.05, 0) is 31.4 Å². The van der Waals surface area contributed by atoms with Gasteiger partial charge < -0.3 is 10.2 Å². The lowest BCUT2D eigenvalue weighted by molar-refractivity contribution is 0.190. The van der Waals surface area contributed by atoms with Gasteiger partial charge in [-0.2, -0.15) is 0 Å². The van der Waals surface area contributed by atoms with Crippen LogP contribution in [-0.2, 0) is 0 Å². The molecule has 1 unspecified atom stereocenters. The second-order valence-corrected chi connectivity index (χ2v) is 5.65. The van der Waals surface area contributed by atoms with Crippen LogP contribution in [-0.4, -0.2) is 24.0 Å². The number of nitrogens with one attached hydrogen (secondary N) is 1. The zero-order valence-electron chi connectivity index (χ0n) is 11.5. The van der Waals surface area contributed by atoms with E-state index in [0.29, 0.717) is 11.1 Å². The van der Waals surface area contributed by atoms with E-state index >= 15 is 0 Å². The van der Waals surface area contributed by atoms with Crippen LogP contribution in [0.4, 0.5) is 4.79 Å². The smallest absolute Gasteiger partial charge is 0.317 e. The maximum Gasteiger partial charge on any atom is 0.317 e. The van der Waals surface area contributed by atoms with Gasteiger partial charge in [0.25, 0.3) is 0 Å². The molecule has 0 saturated heterocycles. The van der Waals surface area contributed by atoms with Gasteiger partial charge in [0, 0.05) is 18.1 Å².